The van der Waals surface area contributed by atoms with E-state index >= 15 is 0 Å². The summed E-state index contributed by atoms with van der Waals surface area (Å²) in [5.41, 5.74) is 0.545. The largest absolute Gasteiger partial charge is 0.348 e. The standard InChI is InChI=1S/C19H23N3O4S2/c23-18(19(24)21-15-7-2-1-3-8-15)20-12-11-16-9-4-5-13-22(16)28(25,26)17-10-6-14-27-17/h1-3,6-8,10,14,16H,4-5,9,11-13H2,(H,20,23)(H,21,24)/t16-/m0/s1. The third kappa shape index (κ3) is 4.98. The van der Waals surface area contributed by atoms with E-state index in [1.165, 1.54) is 11.3 Å². The number of amides is 2. The Balaban J connectivity index is 1.54. The molecule has 1 saturated heterocycles. The molecule has 1 fully saturated rings. The number of hydrogen-bond acceptors (Lipinski definition) is 5. The summed E-state index contributed by atoms with van der Waals surface area (Å²) < 4.78 is 27.6. The monoisotopic (exact) mass is 421 g/mol. The molecule has 1 aliphatic rings. The van der Waals surface area contributed by atoms with Gasteiger partial charge in [0.2, 0.25) is 0 Å². The van der Waals surface area contributed by atoms with Gasteiger partial charge in [0.05, 0.1) is 0 Å². The number of hydrogen-bond donors (Lipinski definition) is 2. The highest BCUT2D eigenvalue weighted by Gasteiger charge is 2.33. The number of thiophene rings is 1. The van der Waals surface area contributed by atoms with Gasteiger partial charge in [-0.15, -0.1) is 11.3 Å². The molecule has 1 aliphatic heterocycles. The van der Waals surface area contributed by atoms with Gasteiger partial charge in [-0.25, -0.2) is 8.42 Å². The Hall–Kier alpha value is -2.23. The number of carbonyl (C=O) groups is 2. The van der Waals surface area contributed by atoms with Crippen LogP contribution in [0.4, 0.5) is 5.69 Å². The Labute approximate surface area is 168 Å². The Bertz CT molecular complexity index is 899. The molecule has 0 unspecified atom stereocenters. The highest BCUT2D eigenvalue weighted by molar-refractivity contribution is 7.91. The molecule has 2 amide bonds. The van der Waals surface area contributed by atoms with Crippen molar-refractivity contribution in [2.45, 2.75) is 35.9 Å². The van der Waals surface area contributed by atoms with Gasteiger partial charge in [-0.2, -0.15) is 4.31 Å². The molecule has 2 aromatic rings. The number of nitrogens with one attached hydrogen (secondary N) is 2. The summed E-state index contributed by atoms with van der Waals surface area (Å²) in [5, 5.41) is 6.86. The zero-order valence-corrected chi connectivity index (χ0v) is 17.0. The van der Waals surface area contributed by atoms with Crippen LogP contribution < -0.4 is 10.6 Å². The number of nitrogens with zero attached hydrogens (tertiary/aromatic N) is 1. The first-order chi connectivity index (χ1) is 13.5. The molecule has 28 heavy (non-hydrogen) atoms. The lowest BCUT2D eigenvalue weighted by Gasteiger charge is -2.34. The molecule has 0 saturated carbocycles. The lowest BCUT2D eigenvalue weighted by Crippen LogP contribution is -2.45. The van der Waals surface area contributed by atoms with Crippen molar-refractivity contribution in [2.75, 3.05) is 18.4 Å². The Kier molecular flexibility index (Phi) is 6.82. The van der Waals surface area contributed by atoms with E-state index in [0.29, 0.717) is 22.9 Å². The van der Waals surface area contributed by atoms with Gasteiger partial charge in [0.15, 0.2) is 0 Å². The average Bonchev–Trinajstić information content (AvgIpc) is 3.25. The number of anilines is 1. The number of carbonyl (C=O) groups excluding carboxylic acids is 2. The molecule has 0 radical (unpaired) electrons. The lowest BCUT2D eigenvalue weighted by molar-refractivity contribution is -0.136. The maximum Gasteiger partial charge on any atom is 0.313 e. The molecular weight excluding hydrogens is 398 g/mol. The zero-order valence-electron chi connectivity index (χ0n) is 15.3. The van der Waals surface area contributed by atoms with Crippen molar-refractivity contribution >= 4 is 38.9 Å². The van der Waals surface area contributed by atoms with Gasteiger partial charge in [0.25, 0.3) is 10.0 Å². The van der Waals surface area contributed by atoms with Crippen LogP contribution in [0.5, 0.6) is 0 Å². The van der Waals surface area contributed by atoms with Gasteiger partial charge in [-0.05, 0) is 42.8 Å². The topological polar surface area (TPSA) is 95.6 Å². The van der Waals surface area contributed by atoms with Gasteiger partial charge in [-0.1, -0.05) is 30.7 Å². The molecule has 150 valence electrons. The molecule has 1 aromatic carbocycles. The van der Waals surface area contributed by atoms with Crippen LogP contribution in [-0.2, 0) is 19.6 Å². The molecule has 7 nitrogen and oxygen atoms in total. The summed E-state index contributed by atoms with van der Waals surface area (Å²) in [6.07, 6.45) is 2.99. The van der Waals surface area contributed by atoms with Gasteiger partial charge in [-0.3, -0.25) is 9.59 Å². The average molecular weight is 422 g/mol. The summed E-state index contributed by atoms with van der Waals surface area (Å²) in [7, 11) is -3.52. The number of para-hydroxylation sites is 1. The Morgan fingerprint density at radius 3 is 2.57 bits per heavy atom. The Morgan fingerprint density at radius 2 is 1.86 bits per heavy atom. The number of piperidine rings is 1. The predicted octanol–water partition coefficient (Wildman–Crippen LogP) is 2.44. The number of sulfonamides is 1. The van der Waals surface area contributed by atoms with Crippen LogP contribution in [0.2, 0.25) is 0 Å². The van der Waals surface area contributed by atoms with E-state index in [0.717, 1.165) is 19.3 Å². The minimum Gasteiger partial charge on any atom is -0.348 e. The normalized spacial score (nSPS) is 17.8. The fourth-order valence-electron chi connectivity index (χ4n) is 3.25. The van der Waals surface area contributed by atoms with Crippen LogP contribution in [-0.4, -0.2) is 43.7 Å². The molecule has 1 aromatic heterocycles. The summed E-state index contributed by atoms with van der Waals surface area (Å²) in [5.74, 6) is -1.47. The maximum atomic E-state index is 12.9. The second kappa shape index (κ2) is 9.31. The van der Waals surface area contributed by atoms with Crippen molar-refractivity contribution in [3.8, 4) is 0 Å². The van der Waals surface area contributed by atoms with Crippen LogP contribution >= 0.6 is 11.3 Å². The lowest BCUT2D eigenvalue weighted by atomic mass is 10.0. The van der Waals surface area contributed by atoms with Crippen molar-refractivity contribution < 1.29 is 18.0 Å². The van der Waals surface area contributed by atoms with Crippen LogP contribution in [0.15, 0.2) is 52.1 Å². The minimum atomic E-state index is -3.52. The van der Waals surface area contributed by atoms with Crippen LogP contribution in [0.1, 0.15) is 25.7 Å². The molecule has 1 atom stereocenters. The second-order valence-electron chi connectivity index (χ2n) is 6.56. The molecular formula is C19H23N3O4S2. The van der Waals surface area contributed by atoms with Crippen molar-refractivity contribution in [2.24, 2.45) is 0 Å². The third-order valence-electron chi connectivity index (χ3n) is 4.63. The zero-order chi connectivity index (χ0) is 20.0. The van der Waals surface area contributed by atoms with Crippen molar-refractivity contribution in [1.29, 1.82) is 0 Å². The second-order valence-corrected chi connectivity index (χ2v) is 9.63. The highest BCUT2D eigenvalue weighted by Crippen LogP contribution is 2.29. The molecule has 2 N–H and O–H groups in total. The Morgan fingerprint density at radius 1 is 1.07 bits per heavy atom. The van der Waals surface area contributed by atoms with Gasteiger partial charge >= 0.3 is 11.8 Å². The summed E-state index contributed by atoms with van der Waals surface area (Å²) in [6, 6.07) is 11.9. The van der Waals surface area contributed by atoms with Crippen LogP contribution in [0, 0.1) is 0 Å². The van der Waals surface area contributed by atoms with E-state index < -0.39 is 21.8 Å². The van der Waals surface area contributed by atoms with E-state index in [-0.39, 0.29) is 12.6 Å². The molecule has 0 aliphatic carbocycles. The molecule has 0 spiro atoms. The number of benzene rings is 1. The minimum absolute atomic E-state index is 0.182. The van der Waals surface area contributed by atoms with Crippen molar-refractivity contribution in [1.82, 2.24) is 9.62 Å². The number of rotatable bonds is 6. The quantitative estimate of drug-likeness (QED) is 0.701. The first-order valence-corrected chi connectivity index (χ1v) is 11.5. The van der Waals surface area contributed by atoms with Crippen LogP contribution in [0.25, 0.3) is 0 Å². The first kappa shape index (κ1) is 20.5. The van der Waals surface area contributed by atoms with E-state index in [1.807, 2.05) is 6.07 Å². The van der Waals surface area contributed by atoms with E-state index in [1.54, 1.807) is 46.1 Å². The predicted molar refractivity (Wildman–Crippen MR) is 109 cm³/mol. The van der Waals surface area contributed by atoms with Gasteiger partial charge < -0.3 is 10.6 Å². The third-order valence-corrected chi connectivity index (χ3v) is 7.96. The smallest absolute Gasteiger partial charge is 0.313 e. The fourth-order valence-corrected chi connectivity index (χ4v) is 6.09. The first-order valence-electron chi connectivity index (χ1n) is 9.18. The summed E-state index contributed by atoms with van der Waals surface area (Å²) in [6.45, 7) is 0.718. The molecule has 0 bridgehead atoms. The van der Waals surface area contributed by atoms with Crippen LogP contribution in [0.3, 0.4) is 0 Å². The summed E-state index contributed by atoms with van der Waals surface area (Å²) in [4.78, 5) is 23.9. The van der Waals surface area contributed by atoms with Crippen molar-refractivity contribution in [3.05, 3.63) is 47.8 Å². The summed E-state index contributed by atoms with van der Waals surface area (Å²) >= 11 is 1.21. The van der Waals surface area contributed by atoms with E-state index in [9.17, 15) is 18.0 Å². The van der Waals surface area contributed by atoms with E-state index in [4.69, 9.17) is 0 Å². The maximum absolute atomic E-state index is 12.9. The SMILES string of the molecule is O=C(NCC[C@@H]1CCCCN1S(=O)(=O)c1cccs1)C(=O)Nc1ccccc1. The van der Waals surface area contributed by atoms with Gasteiger partial charge in [0, 0.05) is 24.8 Å². The molecule has 2 heterocycles. The van der Waals surface area contributed by atoms with E-state index in [2.05, 4.69) is 10.6 Å². The highest BCUT2D eigenvalue weighted by atomic mass is 32.2. The van der Waals surface area contributed by atoms with Gasteiger partial charge in [0.1, 0.15) is 4.21 Å². The fraction of sp³-hybridized carbons (Fsp3) is 0.368. The molecule has 3 rings (SSSR count). The molecule has 9 heteroatoms. The van der Waals surface area contributed by atoms with Crippen molar-refractivity contribution in [3.63, 3.8) is 0 Å².